The van der Waals surface area contributed by atoms with Crippen LogP contribution in [0.5, 0.6) is 0 Å². The summed E-state index contributed by atoms with van der Waals surface area (Å²) in [6.45, 7) is 3.54. The monoisotopic (exact) mass is 328 g/mol. The van der Waals surface area contributed by atoms with E-state index in [-0.39, 0.29) is 25.2 Å². The molecule has 1 aromatic rings. The number of thiophene rings is 1. The Balaban J connectivity index is 2.94. The van der Waals surface area contributed by atoms with Crippen LogP contribution in [0.4, 0.5) is 0 Å². The predicted molar refractivity (Wildman–Crippen MR) is 74.6 cm³/mol. The molecule has 8 heteroatoms. The Morgan fingerprint density at radius 1 is 1.22 bits per heavy atom. The van der Waals surface area contributed by atoms with Crippen molar-refractivity contribution in [1.82, 2.24) is 5.32 Å². The molecule has 1 heterocycles. The molecular formula is C10H11Cl3N2O2S. The van der Waals surface area contributed by atoms with E-state index >= 15 is 0 Å². The van der Waals surface area contributed by atoms with Gasteiger partial charge >= 0.3 is 0 Å². The third-order valence-electron chi connectivity index (χ3n) is 2.22. The lowest BCUT2D eigenvalue weighted by Gasteiger charge is -2.18. The second-order valence-electron chi connectivity index (χ2n) is 3.93. The van der Waals surface area contributed by atoms with Crippen molar-refractivity contribution < 1.29 is 9.59 Å². The van der Waals surface area contributed by atoms with Gasteiger partial charge in [0.25, 0.3) is 5.91 Å². The number of carbonyl (C=O) groups excluding carboxylic acids is 2. The van der Waals surface area contributed by atoms with Crippen LogP contribution in [-0.4, -0.2) is 17.9 Å². The molecule has 18 heavy (non-hydrogen) atoms. The van der Waals surface area contributed by atoms with Gasteiger partial charge in [0.2, 0.25) is 5.91 Å². The SMILES string of the molecule is CC(C)C(NC(=O)c1sc(Cl)c(Cl)c1Cl)C(N)=O. The summed E-state index contributed by atoms with van der Waals surface area (Å²) in [5.41, 5.74) is 5.20. The zero-order chi connectivity index (χ0) is 14.0. The van der Waals surface area contributed by atoms with Crippen LogP contribution in [0.3, 0.4) is 0 Å². The van der Waals surface area contributed by atoms with Crippen molar-refractivity contribution in [1.29, 1.82) is 0 Å². The number of nitrogens with two attached hydrogens (primary N) is 1. The molecule has 2 amide bonds. The van der Waals surface area contributed by atoms with E-state index in [4.69, 9.17) is 40.5 Å². The van der Waals surface area contributed by atoms with E-state index in [1.54, 1.807) is 13.8 Å². The van der Waals surface area contributed by atoms with Gasteiger partial charge in [-0.05, 0) is 5.92 Å². The maximum atomic E-state index is 11.9. The van der Waals surface area contributed by atoms with Crippen LogP contribution in [0, 0.1) is 5.92 Å². The summed E-state index contributed by atoms with van der Waals surface area (Å²) >= 11 is 18.4. The average Bonchev–Trinajstić information content (AvgIpc) is 2.52. The number of halogens is 3. The first-order chi connectivity index (χ1) is 8.25. The molecule has 100 valence electrons. The summed E-state index contributed by atoms with van der Waals surface area (Å²) in [6.07, 6.45) is 0. The molecule has 0 spiro atoms. The van der Waals surface area contributed by atoms with Crippen LogP contribution in [0.25, 0.3) is 0 Å². The number of nitrogens with one attached hydrogen (secondary N) is 1. The Morgan fingerprint density at radius 3 is 2.11 bits per heavy atom. The molecule has 3 N–H and O–H groups in total. The van der Waals surface area contributed by atoms with Crippen LogP contribution in [0.1, 0.15) is 23.5 Å². The lowest BCUT2D eigenvalue weighted by atomic mass is 10.0. The van der Waals surface area contributed by atoms with E-state index in [0.29, 0.717) is 0 Å². The molecule has 0 bridgehead atoms. The third-order valence-corrected chi connectivity index (χ3v) is 4.79. The summed E-state index contributed by atoms with van der Waals surface area (Å²) in [4.78, 5) is 23.3. The molecule has 0 aliphatic heterocycles. The highest BCUT2D eigenvalue weighted by molar-refractivity contribution is 7.19. The molecule has 0 aliphatic rings. The van der Waals surface area contributed by atoms with E-state index in [9.17, 15) is 9.59 Å². The Labute approximate surface area is 123 Å². The van der Waals surface area contributed by atoms with Crippen LogP contribution in [0.15, 0.2) is 0 Å². The number of primary amides is 1. The quantitative estimate of drug-likeness (QED) is 0.891. The van der Waals surface area contributed by atoms with Crippen LogP contribution in [0.2, 0.25) is 14.4 Å². The van der Waals surface area contributed by atoms with Crippen LogP contribution >= 0.6 is 46.1 Å². The molecular weight excluding hydrogens is 319 g/mol. The van der Waals surface area contributed by atoms with Gasteiger partial charge in [0.05, 0.1) is 10.0 Å². The molecule has 0 aromatic carbocycles. The number of amides is 2. The van der Waals surface area contributed by atoms with Gasteiger partial charge < -0.3 is 11.1 Å². The fourth-order valence-electron chi connectivity index (χ4n) is 1.28. The lowest BCUT2D eigenvalue weighted by molar-refractivity contribution is -0.120. The fraction of sp³-hybridized carbons (Fsp3) is 0.400. The Bertz CT molecular complexity index is 488. The molecule has 0 radical (unpaired) electrons. The predicted octanol–water partition coefficient (Wildman–Crippen LogP) is 2.95. The lowest BCUT2D eigenvalue weighted by Crippen LogP contribution is -2.47. The number of rotatable bonds is 4. The summed E-state index contributed by atoms with van der Waals surface area (Å²) in [5.74, 6) is -1.25. The second kappa shape index (κ2) is 6.10. The molecule has 4 nitrogen and oxygen atoms in total. The largest absolute Gasteiger partial charge is 0.368 e. The molecule has 0 saturated heterocycles. The van der Waals surface area contributed by atoms with Crippen molar-refractivity contribution in [2.75, 3.05) is 0 Å². The highest BCUT2D eigenvalue weighted by Crippen LogP contribution is 2.40. The van der Waals surface area contributed by atoms with E-state index in [2.05, 4.69) is 5.32 Å². The van der Waals surface area contributed by atoms with E-state index in [1.165, 1.54) is 0 Å². The molecule has 1 atom stereocenters. The van der Waals surface area contributed by atoms with Gasteiger partial charge in [-0.2, -0.15) is 0 Å². The van der Waals surface area contributed by atoms with E-state index in [1.807, 2.05) is 0 Å². The zero-order valence-corrected chi connectivity index (χ0v) is 12.7. The summed E-state index contributed by atoms with van der Waals surface area (Å²) in [7, 11) is 0. The average molecular weight is 330 g/mol. The fourth-order valence-corrected chi connectivity index (χ4v) is 2.99. The van der Waals surface area contributed by atoms with Crippen molar-refractivity contribution in [3.05, 3.63) is 19.3 Å². The smallest absolute Gasteiger partial charge is 0.263 e. The van der Waals surface area contributed by atoms with Crippen molar-refractivity contribution in [3.8, 4) is 0 Å². The highest BCUT2D eigenvalue weighted by Gasteiger charge is 2.26. The normalized spacial score (nSPS) is 12.6. The standard InChI is InChI=1S/C10H11Cl3N2O2S/c1-3(2)6(9(14)16)15-10(17)7-4(11)5(12)8(13)18-7/h3,6H,1-2H3,(H2,14,16)(H,15,17). The number of carbonyl (C=O) groups is 2. The first-order valence-corrected chi connectivity index (χ1v) is 6.94. The minimum atomic E-state index is -0.770. The van der Waals surface area contributed by atoms with Gasteiger partial charge in [-0.1, -0.05) is 48.7 Å². The van der Waals surface area contributed by atoms with Gasteiger partial charge in [0.1, 0.15) is 15.3 Å². The van der Waals surface area contributed by atoms with Gasteiger partial charge in [0, 0.05) is 0 Å². The van der Waals surface area contributed by atoms with Crippen molar-refractivity contribution in [2.24, 2.45) is 11.7 Å². The first kappa shape index (κ1) is 15.6. The Kier molecular flexibility index (Phi) is 5.28. The molecule has 1 rings (SSSR count). The van der Waals surface area contributed by atoms with E-state index in [0.717, 1.165) is 11.3 Å². The number of hydrogen-bond acceptors (Lipinski definition) is 3. The zero-order valence-electron chi connectivity index (χ0n) is 9.59. The molecule has 1 unspecified atom stereocenters. The van der Waals surface area contributed by atoms with Gasteiger partial charge in [-0.15, -0.1) is 11.3 Å². The number of hydrogen-bond donors (Lipinski definition) is 2. The minimum Gasteiger partial charge on any atom is -0.368 e. The topological polar surface area (TPSA) is 72.2 Å². The highest BCUT2D eigenvalue weighted by atomic mass is 35.5. The van der Waals surface area contributed by atoms with Gasteiger partial charge in [-0.3, -0.25) is 9.59 Å². The van der Waals surface area contributed by atoms with Crippen molar-refractivity contribution >= 4 is 58.0 Å². The maximum absolute atomic E-state index is 11.9. The Hall–Kier alpha value is -0.490. The van der Waals surface area contributed by atoms with Gasteiger partial charge in [-0.25, -0.2) is 0 Å². The summed E-state index contributed by atoms with van der Waals surface area (Å²) < 4.78 is 0.229. The van der Waals surface area contributed by atoms with Crippen LogP contribution in [-0.2, 0) is 4.79 Å². The minimum absolute atomic E-state index is 0.0798. The third kappa shape index (κ3) is 3.29. The second-order valence-corrected chi connectivity index (χ2v) is 6.31. The first-order valence-electron chi connectivity index (χ1n) is 4.99. The van der Waals surface area contributed by atoms with Crippen molar-refractivity contribution in [3.63, 3.8) is 0 Å². The molecule has 0 aliphatic carbocycles. The van der Waals surface area contributed by atoms with Gasteiger partial charge in [0.15, 0.2) is 0 Å². The molecule has 0 fully saturated rings. The van der Waals surface area contributed by atoms with Crippen LogP contribution < -0.4 is 11.1 Å². The molecule has 0 saturated carbocycles. The van der Waals surface area contributed by atoms with Crippen molar-refractivity contribution in [2.45, 2.75) is 19.9 Å². The molecule has 1 aromatic heterocycles. The van der Waals surface area contributed by atoms with E-state index < -0.39 is 17.9 Å². The maximum Gasteiger partial charge on any atom is 0.263 e. The summed E-state index contributed by atoms with van der Waals surface area (Å²) in [6, 6.07) is -0.770. The Morgan fingerprint density at radius 2 is 1.78 bits per heavy atom. The summed E-state index contributed by atoms with van der Waals surface area (Å²) in [5, 5.41) is 2.72.